The lowest BCUT2D eigenvalue weighted by Gasteiger charge is -1.79. The quantitative estimate of drug-likeness (QED) is 0.655. The Hall–Kier alpha value is -1.05. The molecule has 0 spiro atoms. The molecule has 0 aromatic carbocycles. The predicted molar refractivity (Wildman–Crippen MR) is 70.1 cm³/mol. The van der Waals surface area contributed by atoms with Crippen LogP contribution >= 0.6 is 0 Å². The molecule has 0 N–H and O–H groups in total. The highest BCUT2D eigenvalue weighted by Gasteiger charge is 1.99. The Labute approximate surface area is 95.4 Å². The minimum Gasteiger partial charge on any atom is -0.446 e. The van der Waals surface area contributed by atoms with Gasteiger partial charge in [0, 0.05) is 6.92 Å². The first-order chi connectivity index (χ1) is 7.24. The van der Waals surface area contributed by atoms with E-state index in [4.69, 9.17) is 4.42 Å². The van der Waals surface area contributed by atoms with Gasteiger partial charge in [-0.3, -0.25) is 0 Å². The molecule has 0 amide bonds. The van der Waals surface area contributed by atoms with E-state index in [-0.39, 0.29) is 0 Å². The van der Waals surface area contributed by atoms with Gasteiger partial charge in [0.1, 0.15) is 11.5 Å². The van der Waals surface area contributed by atoms with Crippen molar-refractivity contribution in [2.75, 3.05) is 0 Å². The van der Waals surface area contributed by atoms with E-state index in [1.807, 2.05) is 55.4 Å². The number of nitrogens with zero attached hydrogens (tertiary/aromatic N) is 1. The van der Waals surface area contributed by atoms with E-state index in [1.54, 1.807) is 6.08 Å². The van der Waals surface area contributed by atoms with E-state index < -0.39 is 0 Å². The predicted octanol–water partition coefficient (Wildman–Crippen LogP) is 5.01. The first-order valence-electron chi connectivity index (χ1n) is 5.80. The van der Waals surface area contributed by atoms with Gasteiger partial charge in [0.15, 0.2) is 5.89 Å². The third-order valence-electron chi connectivity index (χ3n) is 1.13. The average Bonchev–Trinajstić information content (AvgIpc) is 2.65. The monoisotopic (exact) mass is 213 g/mol. The van der Waals surface area contributed by atoms with Crippen LogP contribution in [0.2, 0.25) is 0 Å². The first-order valence-corrected chi connectivity index (χ1v) is 5.80. The summed E-state index contributed by atoms with van der Waals surface area (Å²) in [6, 6.07) is 0. The van der Waals surface area contributed by atoms with Crippen LogP contribution in [0.5, 0.6) is 0 Å². The number of aryl methyl sites for hydroxylation is 2. The third kappa shape index (κ3) is 9.26. The van der Waals surface area contributed by atoms with E-state index in [2.05, 4.69) is 11.6 Å². The first kappa shape index (κ1) is 19.5. The molecule has 0 saturated heterocycles. The summed E-state index contributed by atoms with van der Waals surface area (Å²) in [5, 5.41) is 0. The molecule has 1 rings (SSSR count). The van der Waals surface area contributed by atoms with Gasteiger partial charge < -0.3 is 4.42 Å². The molecule has 0 saturated carbocycles. The summed E-state index contributed by atoms with van der Waals surface area (Å²) in [6.45, 7) is 19.3. The standard InChI is InChI=1S/C7H9NO.3C2H6/c1-4-7-5(2)9-6(3)8-7;3*1-2/h4H,1H2,2-3H3;3*1-2H3. The summed E-state index contributed by atoms with van der Waals surface area (Å²) < 4.78 is 5.12. The molecule has 0 fully saturated rings. The highest BCUT2D eigenvalue weighted by atomic mass is 16.4. The van der Waals surface area contributed by atoms with Crippen LogP contribution in [0, 0.1) is 13.8 Å². The molecule has 0 atom stereocenters. The van der Waals surface area contributed by atoms with Gasteiger partial charge in [-0.25, -0.2) is 4.98 Å². The normalized spacial score (nSPS) is 6.93. The third-order valence-corrected chi connectivity index (χ3v) is 1.13. The lowest BCUT2D eigenvalue weighted by Crippen LogP contribution is -1.72. The van der Waals surface area contributed by atoms with Crippen molar-refractivity contribution in [3.63, 3.8) is 0 Å². The maximum absolute atomic E-state index is 5.12. The van der Waals surface area contributed by atoms with Gasteiger partial charge >= 0.3 is 0 Å². The van der Waals surface area contributed by atoms with Crippen molar-refractivity contribution in [3.05, 3.63) is 23.9 Å². The lowest BCUT2D eigenvalue weighted by atomic mass is 10.4. The maximum Gasteiger partial charge on any atom is 0.191 e. The Morgan fingerprint density at radius 2 is 1.40 bits per heavy atom. The molecule has 2 nitrogen and oxygen atoms in total. The van der Waals surface area contributed by atoms with Crippen LogP contribution in [0.3, 0.4) is 0 Å². The molecule has 1 heterocycles. The highest BCUT2D eigenvalue weighted by molar-refractivity contribution is 5.43. The topological polar surface area (TPSA) is 26.0 Å². The number of oxazole rings is 1. The molecule has 0 bridgehead atoms. The fourth-order valence-corrected chi connectivity index (χ4v) is 0.734. The minimum atomic E-state index is 0.697. The molecule has 0 radical (unpaired) electrons. The smallest absolute Gasteiger partial charge is 0.191 e. The average molecular weight is 213 g/mol. The van der Waals surface area contributed by atoms with Crippen molar-refractivity contribution in [2.24, 2.45) is 0 Å². The van der Waals surface area contributed by atoms with Gasteiger partial charge in [0.25, 0.3) is 0 Å². The SMILES string of the molecule is C=Cc1nc(C)oc1C.CC.CC.CC. The van der Waals surface area contributed by atoms with Gasteiger partial charge in [0.2, 0.25) is 0 Å². The van der Waals surface area contributed by atoms with Gasteiger partial charge in [-0.05, 0) is 13.0 Å². The number of aromatic nitrogens is 1. The Bertz CT molecular complexity index is 226. The summed E-state index contributed by atoms with van der Waals surface area (Å²) in [7, 11) is 0. The maximum atomic E-state index is 5.12. The summed E-state index contributed by atoms with van der Waals surface area (Å²) in [5.41, 5.74) is 0.840. The van der Waals surface area contributed by atoms with Gasteiger partial charge in [-0.15, -0.1) is 0 Å². The molecule has 0 aliphatic heterocycles. The van der Waals surface area contributed by atoms with Crippen LogP contribution in [0.1, 0.15) is 58.9 Å². The Kier molecular flexibility index (Phi) is 20.1. The van der Waals surface area contributed by atoms with Gasteiger partial charge in [0.05, 0.1) is 0 Å². The number of rotatable bonds is 1. The van der Waals surface area contributed by atoms with E-state index in [9.17, 15) is 0 Å². The highest BCUT2D eigenvalue weighted by Crippen LogP contribution is 2.08. The minimum absolute atomic E-state index is 0.697. The molecule has 2 heteroatoms. The van der Waals surface area contributed by atoms with E-state index >= 15 is 0 Å². The van der Waals surface area contributed by atoms with Gasteiger partial charge in [-0.2, -0.15) is 0 Å². The second kappa shape index (κ2) is 15.4. The van der Waals surface area contributed by atoms with Crippen molar-refractivity contribution >= 4 is 6.08 Å². The molecule has 1 aromatic rings. The van der Waals surface area contributed by atoms with Crippen LogP contribution in [0.25, 0.3) is 6.08 Å². The van der Waals surface area contributed by atoms with Crippen molar-refractivity contribution in [2.45, 2.75) is 55.4 Å². The molecule has 1 aromatic heterocycles. The summed E-state index contributed by atoms with van der Waals surface area (Å²) in [4.78, 5) is 4.04. The van der Waals surface area contributed by atoms with Crippen molar-refractivity contribution < 1.29 is 4.42 Å². The molecule has 0 aliphatic carbocycles. The zero-order valence-electron chi connectivity index (χ0n) is 11.6. The summed E-state index contributed by atoms with van der Waals surface area (Å²) in [6.07, 6.45) is 1.69. The van der Waals surface area contributed by atoms with E-state index in [0.29, 0.717) is 5.89 Å². The summed E-state index contributed by atoms with van der Waals surface area (Å²) in [5.74, 6) is 1.53. The molecule has 15 heavy (non-hydrogen) atoms. The molecule has 90 valence electrons. The fraction of sp³-hybridized carbons (Fsp3) is 0.615. The second-order valence-electron chi connectivity index (χ2n) is 1.88. The molecular formula is C13H27NO. The zero-order valence-corrected chi connectivity index (χ0v) is 11.6. The molecule has 0 aliphatic rings. The zero-order chi connectivity index (χ0) is 12.9. The number of hydrogen-bond donors (Lipinski definition) is 0. The van der Waals surface area contributed by atoms with Crippen LogP contribution in [0.15, 0.2) is 11.0 Å². The van der Waals surface area contributed by atoms with Crippen LogP contribution < -0.4 is 0 Å². The van der Waals surface area contributed by atoms with Crippen LogP contribution in [-0.4, -0.2) is 4.98 Å². The van der Waals surface area contributed by atoms with E-state index in [0.717, 1.165) is 11.5 Å². The van der Waals surface area contributed by atoms with Crippen molar-refractivity contribution in [1.29, 1.82) is 0 Å². The summed E-state index contributed by atoms with van der Waals surface area (Å²) >= 11 is 0. The van der Waals surface area contributed by atoms with Crippen molar-refractivity contribution in [3.8, 4) is 0 Å². The van der Waals surface area contributed by atoms with Crippen LogP contribution in [-0.2, 0) is 0 Å². The van der Waals surface area contributed by atoms with E-state index in [1.165, 1.54) is 0 Å². The Balaban J connectivity index is -0.000000208. The largest absolute Gasteiger partial charge is 0.446 e. The molecule has 0 unspecified atom stereocenters. The van der Waals surface area contributed by atoms with Gasteiger partial charge in [-0.1, -0.05) is 48.1 Å². The molecular weight excluding hydrogens is 186 g/mol. The lowest BCUT2D eigenvalue weighted by molar-refractivity contribution is 0.494. The Morgan fingerprint density at radius 1 is 1.00 bits per heavy atom. The Morgan fingerprint density at radius 3 is 1.53 bits per heavy atom. The fourth-order valence-electron chi connectivity index (χ4n) is 0.734. The second-order valence-corrected chi connectivity index (χ2v) is 1.88. The van der Waals surface area contributed by atoms with Crippen LogP contribution in [0.4, 0.5) is 0 Å². The van der Waals surface area contributed by atoms with Crippen molar-refractivity contribution in [1.82, 2.24) is 4.98 Å². The number of hydrogen-bond acceptors (Lipinski definition) is 2.